The molecule has 0 radical (unpaired) electrons. The second-order valence-electron chi connectivity index (χ2n) is 5.86. The number of benzene rings is 2. The van der Waals surface area contributed by atoms with E-state index in [2.05, 4.69) is 32.8 Å². The third kappa shape index (κ3) is 3.79. The molecule has 0 aromatic heterocycles. The van der Waals surface area contributed by atoms with E-state index < -0.39 is 12.1 Å². The Morgan fingerprint density at radius 2 is 2.08 bits per heavy atom. The molecule has 0 saturated heterocycles. The lowest BCUT2D eigenvalue weighted by Crippen LogP contribution is -2.16. The van der Waals surface area contributed by atoms with Gasteiger partial charge in [-0.05, 0) is 47.7 Å². The van der Waals surface area contributed by atoms with Gasteiger partial charge < -0.3 is 14.6 Å². The zero-order chi connectivity index (χ0) is 17.1. The second-order valence-corrected chi connectivity index (χ2v) is 6.78. The van der Waals surface area contributed by atoms with Crippen molar-refractivity contribution in [3.63, 3.8) is 0 Å². The maximum absolute atomic E-state index is 11.3. The smallest absolute Gasteiger partial charge is 0.308 e. The maximum atomic E-state index is 11.3. The van der Waals surface area contributed by atoms with Gasteiger partial charge in [-0.3, -0.25) is 4.79 Å². The summed E-state index contributed by atoms with van der Waals surface area (Å²) in [6.07, 6.45) is 0.881. The highest BCUT2D eigenvalue weighted by atomic mass is 79.9. The average molecular weight is 391 g/mol. The van der Waals surface area contributed by atoms with Gasteiger partial charge in [-0.1, -0.05) is 40.2 Å². The van der Waals surface area contributed by atoms with Gasteiger partial charge in [0.1, 0.15) is 11.9 Å². The van der Waals surface area contributed by atoms with Crippen molar-refractivity contribution in [1.29, 1.82) is 0 Å². The lowest BCUT2D eigenvalue weighted by molar-refractivity contribution is -0.142. The van der Waals surface area contributed by atoms with Gasteiger partial charge in [0.15, 0.2) is 0 Å². The molecule has 0 aliphatic carbocycles. The Morgan fingerprint density at radius 3 is 2.79 bits per heavy atom. The zero-order valence-electron chi connectivity index (χ0n) is 13.4. The molecule has 5 heteroatoms. The molecule has 2 atom stereocenters. The number of aliphatic hydroxyl groups excluding tert-OH is 1. The molecule has 1 aliphatic heterocycles. The Balaban J connectivity index is 1.78. The van der Waals surface area contributed by atoms with E-state index in [4.69, 9.17) is 4.74 Å². The van der Waals surface area contributed by atoms with Gasteiger partial charge in [0.25, 0.3) is 0 Å². The van der Waals surface area contributed by atoms with E-state index in [0.717, 1.165) is 34.2 Å². The van der Waals surface area contributed by atoms with Crippen LogP contribution in [0.1, 0.15) is 41.7 Å². The summed E-state index contributed by atoms with van der Waals surface area (Å²) in [6, 6.07) is 13.7. The van der Waals surface area contributed by atoms with E-state index in [-0.39, 0.29) is 12.5 Å². The molecule has 1 N–H and O–H groups in total. The molecule has 0 fully saturated rings. The van der Waals surface area contributed by atoms with Gasteiger partial charge in [-0.2, -0.15) is 0 Å². The summed E-state index contributed by atoms with van der Waals surface area (Å²) in [7, 11) is 1.31. The van der Waals surface area contributed by atoms with E-state index in [9.17, 15) is 9.90 Å². The van der Waals surface area contributed by atoms with E-state index in [1.165, 1.54) is 7.11 Å². The van der Waals surface area contributed by atoms with Crippen LogP contribution >= 0.6 is 15.9 Å². The predicted octanol–water partition coefficient (Wildman–Crippen LogP) is 4.11. The number of esters is 1. The quantitative estimate of drug-likeness (QED) is 0.797. The van der Waals surface area contributed by atoms with Crippen LogP contribution in [0.3, 0.4) is 0 Å². The summed E-state index contributed by atoms with van der Waals surface area (Å²) in [4.78, 5) is 11.3. The first kappa shape index (κ1) is 17.0. The SMILES string of the molecule is COC(=O)C[C@@H](O)c1ccc2c(c1)OC(c1ccc(Br)cc1)CC2. The number of halogens is 1. The van der Waals surface area contributed by atoms with Gasteiger partial charge in [-0.25, -0.2) is 0 Å². The van der Waals surface area contributed by atoms with Gasteiger partial charge >= 0.3 is 5.97 Å². The van der Waals surface area contributed by atoms with Gasteiger partial charge in [-0.15, -0.1) is 0 Å². The molecule has 126 valence electrons. The minimum atomic E-state index is -0.889. The third-order valence-corrected chi connectivity index (χ3v) is 4.78. The van der Waals surface area contributed by atoms with Crippen LogP contribution in [0, 0.1) is 0 Å². The number of methoxy groups -OCH3 is 1. The number of fused-ring (bicyclic) bond motifs is 1. The highest BCUT2D eigenvalue weighted by molar-refractivity contribution is 9.10. The first-order valence-corrected chi connectivity index (χ1v) is 8.66. The topological polar surface area (TPSA) is 55.8 Å². The van der Waals surface area contributed by atoms with E-state index in [0.29, 0.717) is 5.56 Å². The number of hydrogen-bond acceptors (Lipinski definition) is 4. The van der Waals surface area contributed by atoms with Crippen molar-refractivity contribution >= 4 is 21.9 Å². The number of rotatable bonds is 4. The summed E-state index contributed by atoms with van der Waals surface area (Å²) in [6.45, 7) is 0. The molecule has 4 nitrogen and oxygen atoms in total. The van der Waals surface area contributed by atoms with Crippen molar-refractivity contribution in [3.8, 4) is 5.75 Å². The number of aryl methyl sites for hydroxylation is 1. The Labute approximate surface area is 149 Å². The number of ether oxygens (including phenoxy) is 2. The van der Waals surface area contributed by atoms with Gasteiger partial charge in [0.05, 0.1) is 19.6 Å². The molecule has 0 amide bonds. The number of carbonyl (C=O) groups is 1. The molecule has 0 saturated carbocycles. The second kappa shape index (κ2) is 7.36. The Kier molecular flexibility index (Phi) is 5.21. The Morgan fingerprint density at radius 1 is 1.33 bits per heavy atom. The summed E-state index contributed by atoms with van der Waals surface area (Å²) >= 11 is 3.44. The van der Waals surface area contributed by atoms with Crippen molar-refractivity contribution in [1.82, 2.24) is 0 Å². The van der Waals surface area contributed by atoms with Crippen molar-refractivity contribution in [3.05, 3.63) is 63.6 Å². The molecule has 3 rings (SSSR count). The third-order valence-electron chi connectivity index (χ3n) is 4.25. The summed E-state index contributed by atoms with van der Waals surface area (Å²) in [5.41, 5.74) is 2.91. The van der Waals surface area contributed by atoms with E-state index in [1.54, 1.807) is 0 Å². The molecule has 2 aromatic carbocycles. The van der Waals surface area contributed by atoms with Gasteiger partial charge in [0.2, 0.25) is 0 Å². The first-order valence-electron chi connectivity index (χ1n) is 7.86. The lowest BCUT2D eigenvalue weighted by atomic mass is 9.95. The summed E-state index contributed by atoms with van der Waals surface area (Å²) in [5, 5.41) is 10.2. The zero-order valence-corrected chi connectivity index (χ0v) is 15.0. The molecule has 1 heterocycles. The molecule has 1 unspecified atom stereocenters. The maximum Gasteiger partial charge on any atom is 0.308 e. The van der Waals surface area contributed by atoms with Gasteiger partial charge in [0, 0.05) is 4.47 Å². The molecule has 1 aliphatic rings. The van der Waals surface area contributed by atoms with Crippen LogP contribution in [0.25, 0.3) is 0 Å². The lowest BCUT2D eigenvalue weighted by Gasteiger charge is -2.27. The fourth-order valence-corrected chi connectivity index (χ4v) is 3.13. The van der Waals surface area contributed by atoms with Crippen molar-refractivity contribution in [2.45, 2.75) is 31.5 Å². The monoisotopic (exact) mass is 390 g/mol. The minimum absolute atomic E-state index is 0.00130. The normalized spacial score (nSPS) is 17.5. The number of aliphatic hydroxyl groups is 1. The molecule has 24 heavy (non-hydrogen) atoms. The van der Waals surface area contributed by atoms with Crippen molar-refractivity contribution in [2.75, 3.05) is 7.11 Å². The van der Waals surface area contributed by atoms with Crippen LogP contribution in [0.2, 0.25) is 0 Å². The molecule has 0 spiro atoms. The molecule has 0 bridgehead atoms. The molecular formula is C19H19BrO4. The molecular weight excluding hydrogens is 372 g/mol. The van der Waals surface area contributed by atoms with Crippen LogP contribution in [0.5, 0.6) is 5.75 Å². The Hall–Kier alpha value is -1.85. The summed E-state index contributed by atoms with van der Waals surface area (Å²) in [5.74, 6) is 0.337. The van der Waals surface area contributed by atoms with Crippen molar-refractivity contribution in [2.24, 2.45) is 0 Å². The van der Waals surface area contributed by atoms with E-state index >= 15 is 0 Å². The summed E-state index contributed by atoms with van der Waals surface area (Å²) < 4.78 is 11.8. The van der Waals surface area contributed by atoms with Crippen molar-refractivity contribution < 1.29 is 19.4 Å². The largest absolute Gasteiger partial charge is 0.485 e. The number of carbonyl (C=O) groups excluding carboxylic acids is 1. The van der Waals surface area contributed by atoms with E-state index in [1.807, 2.05) is 30.3 Å². The molecule has 2 aromatic rings. The minimum Gasteiger partial charge on any atom is -0.485 e. The van der Waals surface area contributed by atoms with Crippen LogP contribution in [0.15, 0.2) is 46.9 Å². The average Bonchev–Trinajstić information content (AvgIpc) is 2.61. The van der Waals surface area contributed by atoms with Crippen LogP contribution in [-0.2, 0) is 16.0 Å². The predicted molar refractivity (Wildman–Crippen MR) is 93.9 cm³/mol. The van der Waals surface area contributed by atoms with Crippen LogP contribution < -0.4 is 4.74 Å². The fourth-order valence-electron chi connectivity index (χ4n) is 2.86. The first-order chi connectivity index (χ1) is 11.6. The highest BCUT2D eigenvalue weighted by Gasteiger charge is 2.23. The fraction of sp³-hybridized carbons (Fsp3) is 0.316. The van der Waals surface area contributed by atoms with Crippen LogP contribution in [0.4, 0.5) is 0 Å². The number of hydrogen-bond donors (Lipinski definition) is 1. The van der Waals surface area contributed by atoms with Crippen LogP contribution in [-0.4, -0.2) is 18.2 Å². The standard InChI is InChI=1S/C19H19BrO4/c1-23-19(22)11-16(21)14-3-2-13-6-9-17(24-18(13)10-14)12-4-7-15(20)8-5-12/h2-5,7-8,10,16-17,21H,6,9,11H2,1H3/t16-,17?/m1/s1. The Bertz CT molecular complexity index is 727. The highest BCUT2D eigenvalue weighted by Crippen LogP contribution is 2.37.